The van der Waals surface area contributed by atoms with E-state index in [1.807, 2.05) is 36.4 Å². The Balaban J connectivity index is 2.24. The SMILES string of the molecule is CCCOc1ccc(-c2ccc(OCC(=O)O)c(C(C)C)c2)cc1. The Labute approximate surface area is 143 Å². The zero-order chi connectivity index (χ0) is 17.5. The van der Waals surface area contributed by atoms with Gasteiger partial charge in [0.25, 0.3) is 0 Å². The molecule has 0 amide bonds. The van der Waals surface area contributed by atoms with Crippen molar-refractivity contribution in [3.8, 4) is 22.6 Å². The standard InChI is InChI=1S/C20H24O4/c1-4-11-23-17-8-5-15(6-9-17)16-7-10-19(24-13-20(21)22)18(12-16)14(2)3/h5-10,12,14H,4,11,13H2,1-3H3,(H,21,22). The van der Waals surface area contributed by atoms with Crippen molar-refractivity contribution in [2.45, 2.75) is 33.1 Å². The minimum Gasteiger partial charge on any atom is -0.494 e. The van der Waals surface area contributed by atoms with Crippen molar-refractivity contribution in [2.24, 2.45) is 0 Å². The van der Waals surface area contributed by atoms with E-state index in [1.54, 1.807) is 0 Å². The zero-order valence-electron chi connectivity index (χ0n) is 14.4. The molecule has 2 aromatic carbocycles. The van der Waals surface area contributed by atoms with Crippen LogP contribution in [-0.4, -0.2) is 24.3 Å². The van der Waals surface area contributed by atoms with Gasteiger partial charge in [-0.2, -0.15) is 0 Å². The highest BCUT2D eigenvalue weighted by molar-refractivity contribution is 5.69. The van der Waals surface area contributed by atoms with Gasteiger partial charge in [-0.3, -0.25) is 0 Å². The fourth-order valence-electron chi connectivity index (χ4n) is 2.41. The summed E-state index contributed by atoms with van der Waals surface area (Å²) in [6.45, 7) is 6.59. The van der Waals surface area contributed by atoms with E-state index in [4.69, 9.17) is 14.6 Å². The summed E-state index contributed by atoms with van der Waals surface area (Å²) >= 11 is 0. The molecule has 0 atom stereocenters. The van der Waals surface area contributed by atoms with Gasteiger partial charge in [-0.25, -0.2) is 4.79 Å². The second-order valence-electron chi connectivity index (χ2n) is 5.96. The number of rotatable bonds is 8. The second kappa shape index (κ2) is 8.39. The van der Waals surface area contributed by atoms with Gasteiger partial charge in [0.15, 0.2) is 6.61 Å². The largest absolute Gasteiger partial charge is 0.494 e. The number of hydrogen-bond donors (Lipinski definition) is 1. The molecule has 0 saturated carbocycles. The van der Waals surface area contributed by atoms with Gasteiger partial charge >= 0.3 is 5.97 Å². The number of carbonyl (C=O) groups is 1. The molecule has 2 aromatic rings. The first-order valence-corrected chi connectivity index (χ1v) is 8.23. The van der Waals surface area contributed by atoms with E-state index in [-0.39, 0.29) is 12.5 Å². The number of ether oxygens (including phenoxy) is 2. The summed E-state index contributed by atoms with van der Waals surface area (Å²) in [4.78, 5) is 10.7. The molecule has 0 spiro atoms. The molecule has 0 radical (unpaired) electrons. The van der Waals surface area contributed by atoms with Crippen molar-refractivity contribution in [2.75, 3.05) is 13.2 Å². The summed E-state index contributed by atoms with van der Waals surface area (Å²) in [5, 5.41) is 8.79. The molecule has 128 valence electrons. The van der Waals surface area contributed by atoms with Crippen molar-refractivity contribution in [1.82, 2.24) is 0 Å². The second-order valence-corrected chi connectivity index (χ2v) is 5.96. The van der Waals surface area contributed by atoms with Crippen LogP contribution in [-0.2, 0) is 4.79 Å². The van der Waals surface area contributed by atoms with E-state index < -0.39 is 5.97 Å². The molecule has 4 nitrogen and oxygen atoms in total. The van der Waals surface area contributed by atoms with Crippen molar-refractivity contribution in [1.29, 1.82) is 0 Å². The van der Waals surface area contributed by atoms with Gasteiger partial charge < -0.3 is 14.6 Å². The summed E-state index contributed by atoms with van der Waals surface area (Å²) in [5.74, 6) is 0.752. The summed E-state index contributed by atoms with van der Waals surface area (Å²) in [7, 11) is 0. The maximum absolute atomic E-state index is 10.7. The molecule has 2 rings (SSSR count). The Morgan fingerprint density at radius 3 is 2.29 bits per heavy atom. The Kier molecular flexibility index (Phi) is 6.24. The third kappa shape index (κ3) is 4.75. The number of carboxylic acids is 1. The molecule has 0 aliphatic carbocycles. The van der Waals surface area contributed by atoms with E-state index in [9.17, 15) is 4.79 Å². The molecule has 1 N–H and O–H groups in total. The maximum atomic E-state index is 10.7. The molecule has 4 heteroatoms. The van der Waals surface area contributed by atoms with Crippen LogP contribution in [0.5, 0.6) is 11.5 Å². The summed E-state index contributed by atoms with van der Waals surface area (Å²) < 4.78 is 11.0. The van der Waals surface area contributed by atoms with Crippen LogP contribution >= 0.6 is 0 Å². The quantitative estimate of drug-likeness (QED) is 0.761. The fourth-order valence-corrected chi connectivity index (χ4v) is 2.41. The summed E-state index contributed by atoms with van der Waals surface area (Å²) in [6, 6.07) is 13.8. The monoisotopic (exact) mass is 328 g/mol. The molecular weight excluding hydrogens is 304 g/mol. The smallest absolute Gasteiger partial charge is 0.341 e. The molecular formula is C20H24O4. The summed E-state index contributed by atoms with van der Waals surface area (Å²) in [5.41, 5.74) is 3.16. The predicted octanol–water partition coefficient (Wildman–Crippen LogP) is 4.73. The van der Waals surface area contributed by atoms with Crippen LogP contribution < -0.4 is 9.47 Å². The van der Waals surface area contributed by atoms with Crippen LogP contribution in [0.4, 0.5) is 0 Å². The van der Waals surface area contributed by atoms with E-state index >= 15 is 0 Å². The molecule has 0 bridgehead atoms. The van der Waals surface area contributed by atoms with Crippen molar-refractivity contribution >= 4 is 5.97 Å². The third-order valence-corrected chi connectivity index (χ3v) is 3.64. The van der Waals surface area contributed by atoms with Crippen molar-refractivity contribution in [3.63, 3.8) is 0 Å². The number of hydrogen-bond acceptors (Lipinski definition) is 3. The van der Waals surface area contributed by atoms with Gasteiger partial charge in [0.2, 0.25) is 0 Å². The van der Waals surface area contributed by atoms with Gasteiger partial charge in [0.1, 0.15) is 11.5 Å². The lowest BCUT2D eigenvalue weighted by Crippen LogP contribution is -2.10. The van der Waals surface area contributed by atoms with Crippen LogP contribution in [0, 0.1) is 0 Å². The van der Waals surface area contributed by atoms with Gasteiger partial charge in [-0.15, -0.1) is 0 Å². The first kappa shape index (κ1) is 17.9. The van der Waals surface area contributed by atoms with Crippen molar-refractivity contribution in [3.05, 3.63) is 48.0 Å². The number of benzene rings is 2. The molecule has 0 fully saturated rings. The lowest BCUT2D eigenvalue weighted by Gasteiger charge is -2.15. The average molecular weight is 328 g/mol. The Bertz CT molecular complexity index is 675. The predicted molar refractivity (Wildman–Crippen MR) is 94.9 cm³/mol. The Hall–Kier alpha value is -2.49. The number of carboxylic acid groups (broad SMARTS) is 1. The highest BCUT2D eigenvalue weighted by atomic mass is 16.5. The van der Waals surface area contributed by atoms with E-state index in [1.165, 1.54) is 0 Å². The molecule has 0 heterocycles. The topological polar surface area (TPSA) is 55.8 Å². The highest BCUT2D eigenvalue weighted by Crippen LogP contribution is 2.32. The van der Waals surface area contributed by atoms with E-state index in [2.05, 4.69) is 26.8 Å². The van der Waals surface area contributed by atoms with Gasteiger partial charge in [0.05, 0.1) is 6.61 Å². The average Bonchev–Trinajstić information content (AvgIpc) is 2.58. The lowest BCUT2D eigenvalue weighted by atomic mass is 9.96. The minimum absolute atomic E-state index is 0.237. The van der Waals surface area contributed by atoms with Crippen LogP contribution in [0.2, 0.25) is 0 Å². The van der Waals surface area contributed by atoms with Crippen LogP contribution in [0.3, 0.4) is 0 Å². The first-order valence-electron chi connectivity index (χ1n) is 8.23. The number of aliphatic carboxylic acids is 1. The first-order chi connectivity index (χ1) is 11.5. The zero-order valence-corrected chi connectivity index (χ0v) is 14.4. The molecule has 0 aromatic heterocycles. The molecule has 24 heavy (non-hydrogen) atoms. The Morgan fingerprint density at radius 2 is 1.71 bits per heavy atom. The van der Waals surface area contributed by atoms with E-state index in [0.717, 1.165) is 28.9 Å². The van der Waals surface area contributed by atoms with E-state index in [0.29, 0.717) is 12.4 Å². The summed E-state index contributed by atoms with van der Waals surface area (Å²) in [6.07, 6.45) is 0.983. The molecule has 0 aliphatic rings. The molecule has 0 saturated heterocycles. The van der Waals surface area contributed by atoms with Crippen molar-refractivity contribution < 1.29 is 19.4 Å². The van der Waals surface area contributed by atoms with Gasteiger partial charge in [-0.05, 0) is 53.3 Å². The maximum Gasteiger partial charge on any atom is 0.341 e. The Morgan fingerprint density at radius 1 is 1.04 bits per heavy atom. The highest BCUT2D eigenvalue weighted by Gasteiger charge is 2.11. The normalized spacial score (nSPS) is 10.7. The minimum atomic E-state index is -0.976. The van der Waals surface area contributed by atoms with Crippen LogP contribution in [0.1, 0.15) is 38.7 Å². The lowest BCUT2D eigenvalue weighted by molar-refractivity contribution is -0.139. The van der Waals surface area contributed by atoms with Gasteiger partial charge in [-0.1, -0.05) is 39.0 Å². The third-order valence-electron chi connectivity index (χ3n) is 3.64. The van der Waals surface area contributed by atoms with Crippen LogP contribution in [0.25, 0.3) is 11.1 Å². The van der Waals surface area contributed by atoms with Crippen LogP contribution in [0.15, 0.2) is 42.5 Å². The van der Waals surface area contributed by atoms with Gasteiger partial charge in [0, 0.05) is 0 Å². The fraction of sp³-hybridized carbons (Fsp3) is 0.350. The molecule has 0 aliphatic heterocycles. The molecule has 0 unspecified atom stereocenters.